The van der Waals surface area contributed by atoms with Crippen LogP contribution in [0.25, 0.3) is 0 Å². The van der Waals surface area contributed by atoms with Crippen LogP contribution in [0.5, 0.6) is 0 Å². The maximum Gasteiger partial charge on any atom is 0.0757 e. The fourth-order valence-corrected chi connectivity index (χ4v) is 5.51. The first kappa shape index (κ1) is 18.9. The Hall–Kier alpha value is -1.45. The Kier molecular flexibility index (Phi) is 6.41. The molecule has 0 spiro atoms. The van der Waals surface area contributed by atoms with E-state index in [1.165, 1.54) is 79.2 Å². The van der Waals surface area contributed by atoms with Gasteiger partial charge in [-0.1, -0.05) is 75.1 Å². The molecule has 0 atom stereocenters. The maximum atomic E-state index is 2.66. The molecule has 0 unspecified atom stereocenters. The number of likely N-dealkylation sites (tertiary alicyclic amines) is 1. The number of benzene rings is 2. The van der Waals surface area contributed by atoms with Gasteiger partial charge < -0.3 is 4.90 Å². The van der Waals surface area contributed by atoms with Gasteiger partial charge in [0.1, 0.15) is 0 Å². The summed E-state index contributed by atoms with van der Waals surface area (Å²) in [5.74, 6) is 0.953. The van der Waals surface area contributed by atoms with Crippen molar-refractivity contribution in [2.75, 3.05) is 24.7 Å². The van der Waals surface area contributed by atoms with Crippen molar-refractivity contribution in [1.29, 1.82) is 0 Å². The highest BCUT2D eigenvalue weighted by molar-refractivity contribution is 7.99. The van der Waals surface area contributed by atoms with Crippen LogP contribution < -0.4 is 4.90 Å². The molecule has 2 nitrogen and oxygen atoms in total. The van der Waals surface area contributed by atoms with Gasteiger partial charge in [-0.25, -0.2) is 0 Å². The zero-order valence-corrected chi connectivity index (χ0v) is 17.4. The third-order valence-electron chi connectivity index (χ3n) is 6.05. The molecule has 2 heterocycles. The van der Waals surface area contributed by atoms with Crippen molar-refractivity contribution < 1.29 is 0 Å². The quantitative estimate of drug-likeness (QED) is 0.481. The van der Waals surface area contributed by atoms with Crippen molar-refractivity contribution in [2.24, 2.45) is 5.92 Å². The first-order chi connectivity index (χ1) is 13.3. The van der Waals surface area contributed by atoms with Crippen LogP contribution in [0.1, 0.15) is 51.9 Å². The molecule has 2 aliphatic rings. The molecule has 2 aromatic carbocycles. The number of rotatable bonds is 7. The number of fused-ring (bicyclic) bond motifs is 2. The molecule has 1 saturated heterocycles. The van der Waals surface area contributed by atoms with Crippen LogP contribution in [0.3, 0.4) is 0 Å². The van der Waals surface area contributed by atoms with E-state index in [4.69, 9.17) is 0 Å². The first-order valence-corrected chi connectivity index (χ1v) is 11.5. The monoisotopic (exact) mass is 380 g/mol. The van der Waals surface area contributed by atoms with Crippen molar-refractivity contribution in [2.45, 2.75) is 61.7 Å². The largest absolute Gasteiger partial charge is 0.326 e. The zero-order chi connectivity index (χ0) is 18.5. The van der Waals surface area contributed by atoms with Crippen LogP contribution in [0.2, 0.25) is 0 Å². The summed E-state index contributed by atoms with van der Waals surface area (Å²) >= 11 is 1.90. The lowest BCUT2D eigenvalue weighted by atomic mass is 9.91. The summed E-state index contributed by atoms with van der Waals surface area (Å²) < 4.78 is 0. The second-order valence-corrected chi connectivity index (χ2v) is 9.10. The van der Waals surface area contributed by atoms with Gasteiger partial charge in [0.25, 0.3) is 0 Å². The van der Waals surface area contributed by atoms with Gasteiger partial charge in [-0.15, -0.1) is 0 Å². The molecule has 1 fully saturated rings. The van der Waals surface area contributed by atoms with Crippen molar-refractivity contribution >= 4 is 23.1 Å². The Labute approximate surface area is 168 Å². The van der Waals surface area contributed by atoms with Gasteiger partial charge in [-0.3, -0.25) is 4.90 Å². The van der Waals surface area contributed by atoms with Crippen molar-refractivity contribution in [1.82, 2.24) is 4.90 Å². The summed E-state index contributed by atoms with van der Waals surface area (Å²) in [6, 6.07) is 17.7. The van der Waals surface area contributed by atoms with Gasteiger partial charge in [0, 0.05) is 22.9 Å². The van der Waals surface area contributed by atoms with E-state index >= 15 is 0 Å². The normalized spacial score (nSPS) is 17.6. The second kappa shape index (κ2) is 9.16. The third-order valence-corrected chi connectivity index (χ3v) is 7.18. The lowest BCUT2D eigenvalue weighted by Gasteiger charge is -2.39. The van der Waals surface area contributed by atoms with Crippen molar-refractivity contribution in [3.63, 3.8) is 0 Å². The number of para-hydroxylation sites is 2. The minimum Gasteiger partial charge on any atom is -0.326 e. The third kappa shape index (κ3) is 4.52. The summed E-state index contributed by atoms with van der Waals surface area (Å²) in [7, 11) is 0. The molecule has 0 aliphatic carbocycles. The number of hydrogen-bond acceptors (Lipinski definition) is 3. The number of unbranched alkanes of at least 4 members (excludes halogenated alkanes) is 3. The minimum absolute atomic E-state index is 0.953. The molecular weight excluding hydrogens is 348 g/mol. The van der Waals surface area contributed by atoms with Gasteiger partial charge in [-0.2, -0.15) is 0 Å². The Bertz CT molecular complexity index is 691. The molecule has 3 heteroatoms. The van der Waals surface area contributed by atoms with Crippen LogP contribution in [-0.2, 0) is 0 Å². The highest BCUT2D eigenvalue weighted by Gasteiger charge is 2.26. The topological polar surface area (TPSA) is 6.48 Å². The van der Waals surface area contributed by atoms with Crippen molar-refractivity contribution in [3.8, 4) is 0 Å². The average Bonchev–Trinajstić information content (AvgIpc) is 2.72. The van der Waals surface area contributed by atoms with Gasteiger partial charge >= 0.3 is 0 Å². The van der Waals surface area contributed by atoms with Gasteiger partial charge in [0.2, 0.25) is 0 Å². The number of nitrogens with zero attached hydrogens (tertiary/aromatic N) is 2. The molecule has 0 N–H and O–H groups in total. The van der Waals surface area contributed by atoms with Crippen LogP contribution in [-0.4, -0.2) is 24.7 Å². The molecule has 4 rings (SSSR count). The van der Waals surface area contributed by atoms with E-state index in [0.29, 0.717) is 0 Å². The molecule has 0 saturated carbocycles. The Morgan fingerprint density at radius 3 is 2.11 bits per heavy atom. The van der Waals surface area contributed by atoms with E-state index in [1.54, 1.807) is 0 Å². The van der Waals surface area contributed by atoms with E-state index < -0.39 is 0 Å². The van der Waals surface area contributed by atoms with Crippen molar-refractivity contribution in [3.05, 3.63) is 48.5 Å². The van der Waals surface area contributed by atoms with Gasteiger partial charge in [-0.05, 0) is 43.0 Å². The maximum absolute atomic E-state index is 2.66. The second-order valence-electron chi connectivity index (χ2n) is 8.02. The van der Waals surface area contributed by atoms with Crippen LogP contribution in [0, 0.1) is 5.92 Å². The highest BCUT2D eigenvalue weighted by Crippen LogP contribution is 2.47. The van der Waals surface area contributed by atoms with E-state index in [9.17, 15) is 0 Å². The highest BCUT2D eigenvalue weighted by atomic mass is 32.2. The molecule has 27 heavy (non-hydrogen) atoms. The van der Waals surface area contributed by atoms with Crippen LogP contribution in [0.15, 0.2) is 58.3 Å². The standard InChI is InChI=1S/C24H32N2S/c1-2-3-4-5-10-20-15-17-25(18-16-20)19-26-21-11-6-8-13-23(21)27-24-14-9-7-12-22(24)26/h6-9,11-14,20H,2-5,10,15-19H2,1H3. The Morgan fingerprint density at radius 1 is 0.852 bits per heavy atom. The summed E-state index contributed by atoms with van der Waals surface area (Å²) in [6.07, 6.45) is 9.80. The first-order valence-electron chi connectivity index (χ1n) is 10.7. The predicted octanol–water partition coefficient (Wildman–Crippen LogP) is 6.93. The predicted molar refractivity (Wildman–Crippen MR) is 117 cm³/mol. The SMILES string of the molecule is CCCCCCC1CCN(CN2c3ccccc3Sc3ccccc32)CC1. The van der Waals surface area contributed by atoms with E-state index in [2.05, 4.69) is 65.3 Å². The summed E-state index contributed by atoms with van der Waals surface area (Å²) in [6.45, 7) is 5.80. The summed E-state index contributed by atoms with van der Waals surface area (Å²) in [4.78, 5) is 7.94. The number of piperidine rings is 1. The molecule has 0 aromatic heterocycles. The number of hydrogen-bond donors (Lipinski definition) is 0. The summed E-state index contributed by atoms with van der Waals surface area (Å²) in [5.41, 5.74) is 2.73. The van der Waals surface area contributed by atoms with Crippen LogP contribution in [0.4, 0.5) is 11.4 Å². The fraction of sp³-hybridized carbons (Fsp3) is 0.500. The Morgan fingerprint density at radius 2 is 1.48 bits per heavy atom. The molecule has 0 bridgehead atoms. The van der Waals surface area contributed by atoms with E-state index in [1.807, 2.05) is 11.8 Å². The lowest BCUT2D eigenvalue weighted by Crippen LogP contribution is -2.41. The molecular formula is C24H32N2S. The average molecular weight is 381 g/mol. The molecule has 2 aromatic rings. The smallest absolute Gasteiger partial charge is 0.0757 e. The molecule has 0 radical (unpaired) electrons. The van der Waals surface area contributed by atoms with Gasteiger partial charge in [0.05, 0.1) is 18.0 Å². The van der Waals surface area contributed by atoms with Crippen LogP contribution >= 0.6 is 11.8 Å². The molecule has 144 valence electrons. The number of anilines is 2. The van der Waals surface area contributed by atoms with Gasteiger partial charge in [0.15, 0.2) is 0 Å². The molecule has 2 aliphatic heterocycles. The van der Waals surface area contributed by atoms with E-state index in [-0.39, 0.29) is 0 Å². The fourth-order valence-electron chi connectivity index (χ4n) is 4.41. The zero-order valence-electron chi connectivity index (χ0n) is 16.6. The molecule has 0 amide bonds. The lowest BCUT2D eigenvalue weighted by molar-refractivity contribution is 0.180. The summed E-state index contributed by atoms with van der Waals surface area (Å²) in [5, 5.41) is 0. The minimum atomic E-state index is 0.953. The Balaban J connectivity index is 1.39. The van der Waals surface area contributed by atoms with E-state index in [0.717, 1.165) is 12.6 Å².